The summed E-state index contributed by atoms with van der Waals surface area (Å²) in [6, 6.07) is 0. The lowest BCUT2D eigenvalue weighted by atomic mass is 9.91. The first-order chi connectivity index (χ1) is 4.86. The van der Waals surface area contributed by atoms with Crippen molar-refractivity contribution in [1.82, 2.24) is 0 Å². The molecule has 0 aromatic heterocycles. The van der Waals surface area contributed by atoms with E-state index in [4.69, 9.17) is 13.0 Å². The Morgan fingerprint density at radius 3 is 2.70 bits per heavy atom. The molecule has 1 nitrogen and oxygen atoms in total. The van der Waals surface area contributed by atoms with Crippen LogP contribution in [0.3, 0.4) is 0 Å². The molecule has 0 saturated heterocycles. The molecule has 0 unspecified atom stereocenters. The summed E-state index contributed by atoms with van der Waals surface area (Å²) in [6.07, 6.45) is 6.94. The van der Waals surface area contributed by atoms with Crippen LogP contribution in [0.4, 0.5) is 0 Å². The third kappa shape index (κ3) is 1.92. The lowest BCUT2D eigenvalue weighted by Gasteiger charge is -2.10. The Balaban J connectivity index is 2.55. The van der Waals surface area contributed by atoms with Gasteiger partial charge in [0, 0.05) is 4.91 Å². The van der Waals surface area contributed by atoms with Crippen molar-refractivity contribution in [2.24, 2.45) is 5.14 Å². The van der Waals surface area contributed by atoms with Gasteiger partial charge in [0.2, 0.25) is 0 Å². The van der Waals surface area contributed by atoms with Gasteiger partial charge in [-0.3, -0.25) is 5.14 Å². The average molecular weight is 151 g/mol. The van der Waals surface area contributed by atoms with Crippen LogP contribution in [0.1, 0.15) is 12.8 Å². The smallest absolute Gasteiger partial charge is 0.0712 e. The summed E-state index contributed by atoms with van der Waals surface area (Å²) < 4.78 is 0. The van der Waals surface area contributed by atoms with E-state index in [1.165, 1.54) is 22.4 Å². The van der Waals surface area contributed by atoms with Crippen LogP contribution in [0.15, 0.2) is 22.6 Å². The quantitative estimate of drug-likeness (QED) is 0.480. The molecule has 0 bridgehead atoms. The molecule has 1 aliphatic rings. The van der Waals surface area contributed by atoms with E-state index in [2.05, 4.69) is 12.2 Å². The summed E-state index contributed by atoms with van der Waals surface area (Å²) in [6.45, 7) is 0. The topological polar surface area (TPSA) is 26.0 Å². The van der Waals surface area contributed by atoms with Crippen molar-refractivity contribution >= 4 is 19.8 Å². The van der Waals surface area contributed by atoms with E-state index in [0.29, 0.717) is 6.32 Å². The Labute approximate surface area is 67.3 Å². The van der Waals surface area contributed by atoms with Crippen LogP contribution in [0.2, 0.25) is 6.32 Å². The zero-order valence-electron chi connectivity index (χ0n) is 5.84. The maximum atomic E-state index is 5.45. The first-order valence-electron chi connectivity index (χ1n) is 3.32. The lowest BCUT2D eigenvalue weighted by Crippen LogP contribution is -1.92. The van der Waals surface area contributed by atoms with Gasteiger partial charge >= 0.3 is 0 Å². The van der Waals surface area contributed by atoms with Gasteiger partial charge in [-0.05, 0) is 12.8 Å². The number of nitrogens with two attached hydrogens (primary N) is 1. The maximum absolute atomic E-state index is 5.45. The fourth-order valence-electron chi connectivity index (χ4n) is 0.930. The fraction of sp³-hybridized carbons (Fsp3) is 0.429. The highest BCUT2D eigenvalue weighted by molar-refractivity contribution is 8.00. The zero-order valence-corrected chi connectivity index (χ0v) is 6.66. The molecule has 3 heteroatoms. The van der Waals surface area contributed by atoms with Gasteiger partial charge in [0.1, 0.15) is 0 Å². The molecule has 0 fully saturated rings. The SMILES string of the molecule is [B]CC1=CC=C(SN)CC1. The molecule has 0 heterocycles. The Hall–Kier alpha value is -0.145. The molecule has 2 radical (unpaired) electrons. The van der Waals surface area contributed by atoms with Gasteiger partial charge in [-0.25, -0.2) is 0 Å². The molecule has 0 atom stereocenters. The van der Waals surface area contributed by atoms with E-state index < -0.39 is 0 Å². The second kappa shape index (κ2) is 3.89. The van der Waals surface area contributed by atoms with Crippen molar-refractivity contribution in [3.8, 4) is 0 Å². The molecule has 1 aliphatic carbocycles. The van der Waals surface area contributed by atoms with Gasteiger partial charge in [-0.15, -0.1) is 0 Å². The molecule has 1 rings (SSSR count). The van der Waals surface area contributed by atoms with Crippen LogP contribution in [0.25, 0.3) is 0 Å². The molecule has 0 saturated carbocycles. The highest BCUT2D eigenvalue weighted by atomic mass is 32.2. The predicted molar refractivity (Wildman–Crippen MR) is 47.7 cm³/mol. The molecule has 0 aliphatic heterocycles. The minimum absolute atomic E-state index is 0.680. The van der Waals surface area contributed by atoms with Gasteiger partial charge in [0.15, 0.2) is 0 Å². The second-order valence-electron chi connectivity index (χ2n) is 2.28. The first-order valence-corrected chi connectivity index (χ1v) is 4.20. The van der Waals surface area contributed by atoms with Crippen molar-refractivity contribution in [3.05, 3.63) is 22.6 Å². The van der Waals surface area contributed by atoms with Crippen LogP contribution >= 0.6 is 11.9 Å². The van der Waals surface area contributed by atoms with E-state index in [0.717, 1.165) is 12.8 Å². The lowest BCUT2D eigenvalue weighted by molar-refractivity contribution is 0.948. The van der Waals surface area contributed by atoms with Crippen molar-refractivity contribution in [3.63, 3.8) is 0 Å². The van der Waals surface area contributed by atoms with Crippen LogP contribution in [-0.4, -0.2) is 7.85 Å². The molecule has 0 aromatic carbocycles. The minimum atomic E-state index is 0.680. The summed E-state index contributed by atoms with van der Waals surface area (Å²) >= 11 is 1.33. The van der Waals surface area contributed by atoms with Crippen molar-refractivity contribution in [2.75, 3.05) is 0 Å². The normalized spacial score (nSPS) is 18.1. The summed E-state index contributed by atoms with van der Waals surface area (Å²) in [7, 11) is 5.45. The van der Waals surface area contributed by atoms with Crippen LogP contribution in [0, 0.1) is 0 Å². The second-order valence-corrected chi connectivity index (χ2v) is 3.04. The molecule has 10 heavy (non-hydrogen) atoms. The Morgan fingerprint density at radius 2 is 2.30 bits per heavy atom. The van der Waals surface area contributed by atoms with Gasteiger partial charge in [-0.1, -0.05) is 36.0 Å². The van der Waals surface area contributed by atoms with Gasteiger partial charge in [0.25, 0.3) is 0 Å². The first kappa shape index (κ1) is 7.96. The van der Waals surface area contributed by atoms with Crippen LogP contribution in [0.5, 0.6) is 0 Å². The molecule has 0 aromatic rings. The van der Waals surface area contributed by atoms with Crippen LogP contribution in [-0.2, 0) is 0 Å². The average Bonchev–Trinajstić information content (AvgIpc) is 2.05. The number of allylic oxidation sites excluding steroid dienone is 4. The Kier molecular flexibility index (Phi) is 3.09. The van der Waals surface area contributed by atoms with Crippen molar-refractivity contribution in [1.29, 1.82) is 0 Å². The summed E-state index contributed by atoms with van der Waals surface area (Å²) in [4.78, 5) is 1.25. The standard InChI is InChI=1S/C7H10BNS/c8-5-6-1-3-7(10-9)4-2-6/h1,3H,2,4-5,9H2. The predicted octanol–water partition coefficient (Wildman–Crippen LogP) is 1.78. The summed E-state index contributed by atoms with van der Waals surface area (Å²) in [5.41, 5.74) is 1.32. The summed E-state index contributed by atoms with van der Waals surface area (Å²) in [5, 5.41) is 5.38. The highest BCUT2D eigenvalue weighted by Crippen LogP contribution is 2.24. The zero-order chi connectivity index (χ0) is 7.40. The van der Waals surface area contributed by atoms with E-state index in [1.54, 1.807) is 0 Å². The summed E-state index contributed by atoms with van der Waals surface area (Å²) in [5.74, 6) is 0. The highest BCUT2D eigenvalue weighted by Gasteiger charge is 2.02. The van der Waals surface area contributed by atoms with E-state index in [9.17, 15) is 0 Å². The minimum Gasteiger partial charge on any atom is -0.274 e. The Morgan fingerprint density at radius 1 is 1.50 bits per heavy atom. The van der Waals surface area contributed by atoms with Gasteiger partial charge in [-0.2, -0.15) is 0 Å². The third-order valence-corrected chi connectivity index (χ3v) is 2.25. The number of rotatable bonds is 2. The molecule has 0 amide bonds. The maximum Gasteiger partial charge on any atom is 0.0712 e. The number of hydrogen-bond acceptors (Lipinski definition) is 2. The van der Waals surface area contributed by atoms with E-state index in [-0.39, 0.29) is 0 Å². The van der Waals surface area contributed by atoms with Gasteiger partial charge in [0.05, 0.1) is 7.85 Å². The third-order valence-electron chi connectivity index (χ3n) is 1.61. The molecule has 52 valence electrons. The van der Waals surface area contributed by atoms with Crippen LogP contribution < -0.4 is 5.14 Å². The van der Waals surface area contributed by atoms with E-state index in [1.807, 2.05) is 0 Å². The van der Waals surface area contributed by atoms with Crippen molar-refractivity contribution < 1.29 is 0 Å². The molecule has 0 spiro atoms. The van der Waals surface area contributed by atoms with Crippen molar-refractivity contribution in [2.45, 2.75) is 19.2 Å². The van der Waals surface area contributed by atoms with E-state index >= 15 is 0 Å². The molecular weight excluding hydrogens is 141 g/mol. The molecular formula is C7H10BNS. The fourth-order valence-corrected chi connectivity index (χ4v) is 1.30. The largest absolute Gasteiger partial charge is 0.274 e. The Bertz CT molecular complexity index is 154. The molecule has 2 N–H and O–H groups in total. The number of hydrogen-bond donors (Lipinski definition) is 1. The van der Waals surface area contributed by atoms with Gasteiger partial charge < -0.3 is 0 Å². The monoisotopic (exact) mass is 151 g/mol.